The highest BCUT2D eigenvalue weighted by molar-refractivity contribution is 9.10. The van der Waals surface area contributed by atoms with Gasteiger partial charge in [0.25, 0.3) is 5.91 Å². The summed E-state index contributed by atoms with van der Waals surface area (Å²) >= 11 is 5.12. The van der Waals surface area contributed by atoms with Crippen LogP contribution >= 0.6 is 27.3 Å². The van der Waals surface area contributed by atoms with E-state index in [-0.39, 0.29) is 11.9 Å². The fraction of sp³-hybridized carbons (Fsp3) is 0.357. The molecule has 0 spiro atoms. The van der Waals surface area contributed by atoms with Crippen molar-refractivity contribution in [1.82, 2.24) is 9.88 Å². The van der Waals surface area contributed by atoms with Gasteiger partial charge in [-0.3, -0.25) is 4.79 Å². The van der Waals surface area contributed by atoms with E-state index in [9.17, 15) is 4.79 Å². The molecule has 1 N–H and O–H groups in total. The number of halogens is 1. The van der Waals surface area contributed by atoms with E-state index in [0.29, 0.717) is 6.04 Å². The molecule has 3 nitrogen and oxygen atoms in total. The van der Waals surface area contributed by atoms with E-state index in [1.807, 2.05) is 36.7 Å². The first-order valence-electron chi connectivity index (χ1n) is 6.37. The monoisotopic (exact) mass is 338 g/mol. The fourth-order valence-electron chi connectivity index (χ4n) is 2.16. The molecular weight excluding hydrogens is 324 g/mol. The predicted molar refractivity (Wildman–Crippen MR) is 80.6 cm³/mol. The van der Waals surface area contributed by atoms with Gasteiger partial charge < -0.3 is 9.88 Å². The molecule has 1 aliphatic carbocycles. The zero-order valence-corrected chi connectivity index (χ0v) is 13.0. The molecule has 1 amide bonds. The molecule has 0 aromatic carbocycles. The van der Waals surface area contributed by atoms with Crippen LogP contribution in [0.25, 0.3) is 0 Å². The topological polar surface area (TPSA) is 34.0 Å². The predicted octanol–water partition coefficient (Wildman–Crippen LogP) is 4.14. The van der Waals surface area contributed by atoms with Gasteiger partial charge in [0, 0.05) is 21.6 Å². The van der Waals surface area contributed by atoms with Crippen LogP contribution in [0.1, 0.15) is 47.2 Å². The molecule has 1 fully saturated rings. The Labute approximate surface area is 124 Å². The largest absolute Gasteiger partial charge is 0.343 e. The first-order valence-corrected chi connectivity index (χ1v) is 8.04. The molecule has 2 aromatic heterocycles. The summed E-state index contributed by atoms with van der Waals surface area (Å²) in [5, 5.41) is 5.09. The van der Waals surface area contributed by atoms with Gasteiger partial charge in [-0.15, -0.1) is 11.3 Å². The minimum atomic E-state index is -0.00139. The first-order chi connectivity index (χ1) is 9.15. The van der Waals surface area contributed by atoms with E-state index >= 15 is 0 Å². The van der Waals surface area contributed by atoms with E-state index in [1.54, 1.807) is 11.3 Å². The van der Waals surface area contributed by atoms with Gasteiger partial charge in [-0.05, 0) is 53.2 Å². The maximum absolute atomic E-state index is 12.4. The van der Waals surface area contributed by atoms with Crippen LogP contribution in [-0.2, 0) is 0 Å². The van der Waals surface area contributed by atoms with Gasteiger partial charge in [-0.25, -0.2) is 0 Å². The summed E-state index contributed by atoms with van der Waals surface area (Å²) in [4.78, 5) is 13.5. The number of nitrogens with zero attached hydrogens (tertiary/aromatic N) is 1. The van der Waals surface area contributed by atoms with Crippen LogP contribution in [0.15, 0.2) is 34.2 Å². The Morgan fingerprint density at radius 3 is 3.00 bits per heavy atom. The van der Waals surface area contributed by atoms with Gasteiger partial charge in [0.05, 0.1) is 6.04 Å². The van der Waals surface area contributed by atoms with Gasteiger partial charge in [0.2, 0.25) is 0 Å². The zero-order chi connectivity index (χ0) is 13.4. The third-order valence-electron chi connectivity index (χ3n) is 3.31. The summed E-state index contributed by atoms with van der Waals surface area (Å²) in [5.74, 6) is -0.00139. The molecule has 1 aliphatic rings. The molecule has 100 valence electrons. The normalized spacial score (nSPS) is 16.3. The Morgan fingerprint density at radius 2 is 2.37 bits per heavy atom. The second kappa shape index (κ2) is 5.13. The molecule has 1 unspecified atom stereocenters. The second-order valence-corrected chi connectivity index (χ2v) is 6.79. The lowest BCUT2D eigenvalue weighted by Gasteiger charge is -2.13. The van der Waals surface area contributed by atoms with Crippen molar-refractivity contribution < 1.29 is 4.79 Å². The highest BCUT2D eigenvalue weighted by atomic mass is 79.9. The maximum atomic E-state index is 12.4. The van der Waals surface area contributed by atoms with Crippen LogP contribution in [0.3, 0.4) is 0 Å². The smallest absolute Gasteiger partial charge is 0.268 e. The summed E-state index contributed by atoms with van der Waals surface area (Å²) in [7, 11) is 0. The number of carbonyl (C=O) groups is 1. The molecule has 0 saturated heterocycles. The number of hydrogen-bond donors (Lipinski definition) is 1. The van der Waals surface area contributed by atoms with Crippen molar-refractivity contribution in [1.29, 1.82) is 0 Å². The molecule has 2 heterocycles. The number of thiophene rings is 1. The molecule has 0 radical (unpaired) electrons. The number of carbonyl (C=O) groups excluding carboxylic acids is 1. The van der Waals surface area contributed by atoms with Crippen LogP contribution in [0.5, 0.6) is 0 Å². The molecule has 1 atom stereocenters. The summed E-state index contributed by atoms with van der Waals surface area (Å²) in [6.07, 6.45) is 4.34. The van der Waals surface area contributed by atoms with E-state index in [0.717, 1.165) is 10.2 Å². The quantitative estimate of drug-likeness (QED) is 0.893. The van der Waals surface area contributed by atoms with Crippen molar-refractivity contribution in [3.8, 4) is 0 Å². The fourth-order valence-corrected chi connectivity index (χ4v) is 3.33. The standard InChI is InChI=1S/C14H15BrN2OS/c1-9(13-3-2-6-19-13)16-14(18)12-7-10(15)8-17(12)11-4-5-11/h2-3,6-9,11H,4-5H2,1H3,(H,16,18). The van der Waals surface area contributed by atoms with Crippen LogP contribution in [0.2, 0.25) is 0 Å². The number of rotatable bonds is 4. The first kappa shape index (κ1) is 12.9. The van der Waals surface area contributed by atoms with Gasteiger partial charge in [-0.2, -0.15) is 0 Å². The maximum Gasteiger partial charge on any atom is 0.268 e. The number of aromatic nitrogens is 1. The lowest BCUT2D eigenvalue weighted by atomic mass is 10.2. The average molecular weight is 339 g/mol. The van der Waals surface area contributed by atoms with Crippen molar-refractivity contribution in [3.63, 3.8) is 0 Å². The molecule has 19 heavy (non-hydrogen) atoms. The third kappa shape index (κ3) is 2.77. The molecule has 3 rings (SSSR count). The van der Waals surface area contributed by atoms with Crippen LogP contribution < -0.4 is 5.32 Å². The van der Waals surface area contributed by atoms with Crippen molar-refractivity contribution in [2.24, 2.45) is 0 Å². The Balaban J connectivity index is 1.77. The summed E-state index contributed by atoms with van der Waals surface area (Å²) in [6, 6.07) is 6.50. The van der Waals surface area contributed by atoms with E-state index in [2.05, 4.69) is 25.8 Å². The summed E-state index contributed by atoms with van der Waals surface area (Å²) in [5.41, 5.74) is 0.748. The highest BCUT2D eigenvalue weighted by Crippen LogP contribution is 2.37. The lowest BCUT2D eigenvalue weighted by Crippen LogP contribution is -2.28. The Hall–Kier alpha value is -1.07. The second-order valence-electron chi connectivity index (χ2n) is 4.89. The number of hydrogen-bond acceptors (Lipinski definition) is 2. The molecule has 0 aliphatic heterocycles. The molecule has 5 heteroatoms. The summed E-state index contributed by atoms with van der Waals surface area (Å²) in [6.45, 7) is 2.02. The van der Waals surface area contributed by atoms with Gasteiger partial charge in [0.15, 0.2) is 0 Å². The van der Waals surface area contributed by atoms with Crippen molar-refractivity contribution in [2.45, 2.75) is 31.8 Å². The lowest BCUT2D eigenvalue weighted by molar-refractivity contribution is 0.0931. The van der Waals surface area contributed by atoms with E-state index in [4.69, 9.17) is 0 Å². The van der Waals surface area contributed by atoms with Gasteiger partial charge in [-0.1, -0.05) is 6.07 Å². The number of amides is 1. The Kier molecular flexibility index (Phi) is 3.50. The van der Waals surface area contributed by atoms with Crippen LogP contribution in [-0.4, -0.2) is 10.5 Å². The van der Waals surface area contributed by atoms with Crippen molar-refractivity contribution in [3.05, 3.63) is 44.8 Å². The Bertz CT molecular complexity index is 587. The molecule has 1 saturated carbocycles. The molecule has 2 aromatic rings. The van der Waals surface area contributed by atoms with Crippen molar-refractivity contribution >= 4 is 33.2 Å². The third-order valence-corrected chi connectivity index (χ3v) is 4.79. The van der Waals surface area contributed by atoms with Gasteiger partial charge in [0.1, 0.15) is 5.69 Å². The minimum absolute atomic E-state index is 0.00139. The van der Waals surface area contributed by atoms with E-state index in [1.165, 1.54) is 17.7 Å². The molecule has 0 bridgehead atoms. The summed E-state index contributed by atoms with van der Waals surface area (Å²) < 4.78 is 3.05. The van der Waals surface area contributed by atoms with Gasteiger partial charge >= 0.3 is 0 Å². The minimum Gasteiger partial charge on any atom is -0.343 e. The Morgan fingerprint density at radius 1 is 1.58 bits per heavy atom. The molecular formula is C14H15BrN2OS. The SMILES string of the molecule is CC(NC(=O)c1cc(Br)cn1C1CC1)c1cccs1. The van der Waals surface area contributed by atoms with Crippen molar-refractivity contribution in [2.75, 3.05) is 0 Å². The average Bonchev–Trinajstić information content (AvgIpc) is 2.91. The highest BCUT2D eigenvalue weighted by Gasteiger charge is 2.28. The zero-order valence-electron chi connectivity index (χ0n) is 10.6. The van der Waals surface area contributed by atoms with Crippen LogP contribution in [0.4, 0.5) is 0 Å². The van der Waals surface area contributed by atoms with Crippen LogP contribution in [0, 0.1) is 0 Å². The van der Waals surface area contributed by atoms with E-state index < -0.39 is 0 Å². The number of nitrogens with one attached hydrogen (secondary N) is 1.